The lowest BCUT2D eigenvalue weighted by atomic mass is 10.1. The molecule has 5 nitrogen and oxygen atoms in total. The minimum absolute atomic E-state index is 0.106. The fourth-order valence-electron chi connectivity index (χ4n) is 3.02. The van der Waals surface area contributed by atoms with Crippen molar-refractivity contribution in [3.63, 3.8) is 0 Å². The molecule has 1 aliphatic carbocycles. The van der Waals surface area contributed by atoms with Crippen LogP contribution in [-0.4, -0.2) is 14.3 Å². The number of hydrogen-bond donors (Lipinski definition) is 2. The number of anilines is 1. The highest BCUT2D eigenvalue weighted by molar-refractivity contribution is 7.89. The molecular weight excluding hydrogens is 312 g/mol. The van der Waals surface area contributed by atoms with Crippen molar-refractivity contribution in [3.8, 4) is 0 Å². The Hall–Kier alpha value is -2.18. The van der Waals surface area contributed by atoms with Crippen LogP contribution in [0.1, 0.15) is 24.0 Å². The molecule has 0 bridgehead atoms. The highest BCUT2D eigenvalue weighted by Gasteiger charge is 2.47. The Morgan fingerprint density at radius 2 is 1.78 bits per heavy atom. The average molecular weight is 328 g/mol. The van der Waals surface area contributed by atoms with E-state index in [1.165, 1.54) is 6.07 Å². The van der Waals surface area contributed by atoms with Gasteiger partial charge in [0.15, 0.2) is 0 Å². The van der Waals surface area contributed by atoms with Gasteiger partial charge in [-0.05, 0) is 42.2 Å². The number of benzene rings is 2. The van der Waals surface area contributed by atoms with Gasteiger partial charge < -0.3 is 5.32 Å². The van der Waals surface area contributed by atoms with Crippen LogP contribution in [0.25, 0.3) is 0 Å². The van der Waals surface area contributed by atoms with Crippen LogP contribution in [0.3, 0.4) is 0 Å². The maximum atomic E-state index is 12.7. The minimum Gasteiger partial charge on any atom is -0.326 e. The van der Waals surface area contributed by atoms with E-state index in [4.69, 9.17) is 0 Å². The molecule has 4 rings (SSSR count). The number of carbonyl (C=O) groups is 1. The fraction of sp³-hybridized carbons (Fsp3) is 0.235. The van der Waals surface area contributed by atoms with Crippen molar-refractivity contribution >= 4 is 21.6 Å². The summed E-state index contributed by atoms with van der Waals surface area (Å²) in [6, 6.07) is 14.4. The Morgan fingerprint density at radius 3 is 2.48 bits per heavy atom. The summed E-state index contributed by atoms with van der Waals surface area (Å²) < 4.78 is 28.3. The second-order valence-electron chi connectivity index (χ2n) is 6.10. The first kappa shape index (κ1) is 14.4. The van der Waals surface area contributed by atoms with Gasteiger partial charge in [-0.15, -0.1) is 0 Å². The Balaban J connectivity index is 1.65. The standard InChI is InChI=1S/C17H16N2O3S/c20-16-11-12-10-14(6-7-15(12)18-16)23(21,22)19-17(8-9-17)13-4-2-1-3-5-13/h1-7,10,19H,8-9,11H2,(H,18,20). The quantitative estimate of drug-likeness (QED) is 0.903. The van der Waals surface area contributed by atoms with Crippen LogP contribution >= 0.6 is 0 Å². The van der Waals surface area contributed by atoms with Crippen molar-refractivity contribution in [3.05, 3.63) is 59.7 Å². The highest BCUT2D eigenvalue weighted by atomic mass is 32.2. The molecule has 0 radical (unpaired) electrons. The van der Waals surface area contributed by atoms with Gasteiger partial charge >= 0.3 is 0 Å². The average Bonchev–Trinajstić information content (AvgIpc) is 3.20. The van der Waals surface area contributed by atoms with E-state index in [0.717, 1.165) is 24.0 Å². The van der Waals surface area contributed by atoms with E-state index in [-0.39, 0.29) is 17.2 Å². The lowest BCUT2D eigenvalue weighted by molar-refractivity contribution is -0.115. The van der Waals surface area contributed by atoms with Gasteiger partial charge in [0.25, 0.3) is 0 Å². The predicted molar refractivity (Wildman–Crippen MR) is 86.5 cm³/mol. The molecule has 0 spiro atoms. The second-order valence-corrected chi connectivity index (χ2v) is 7.78. The third-order valence-corrected chi connectivity index (χ3v) is 5.95. The van der Waals surface area contributed by atoms with Crippen LogP contribution < -0.4 is 10.0 Å². The lowest BCUT2D eigenvalue weighted by Gasteiger charge is -2.18. The van der Waals surface area contributed by atoms with E-state index in [1.54, 1.807) is 12.1 Å². The summed E-state index contributed by atoms with van der Waals surface area (Å²) in [5.74, 6) is -0.106. The molecular formula is C17H16N2O3S. The van der Waals surface area contributed by atoms with E-state index in [1.807, 2.05) is 30.3 Å². The normalized spacial score (nSPS) is 18.3. The molecule has 1 fully saturated rings. The number of sulfonamides is 1. The molecule has 1 amide bonds. The van der Waals surface area contributed by atoms with Gasteiger partial charge in [-0.3, -0.25) is 4.79 Å². The molecule has 2 aromatic rings. The van der Waals surface area contributed by atoms with Gasteiger partial charge in [-0.25, -0.2) is 13.1 Å². The van der Waals surface area contributed by atoms with E-state index < -0.39 is 15.6 Å². The zero-order chi connectivity index (χ0) is 16.1. The molecule has 2 aromatic carbocycles. The molecule has 23 heavy (non-hydrogen) atoms. The molecule has 1 heterocycles. The van der Waals surface area contributed by atoms with Gasteiger partial charge in [0.1, 0.15) is 0 Å². The Kier molecular flexibility index (Phi) is 3.08. The summed E-state index contributed by atoms with van der Waals surface area (Å²) in [4.78, 5) is 11.6. The molecule has 118 valence electrons. The smallest absolute Gasteiger partial charge is 0.241 e. The van der Waals surface area contributed by atoms with Gasteiger partial charge in [-0.1, -0.05) is 30.3 Å². The number of carbonyl (C=O) groups excluding carboxylic acids is 1. The van der Waals surface area contributed by atoms with Crippen molar-refractivity contribution in [2.24, 2.45) is 0 Å². The van der Waals surface area contributed by atoms with E-state index in [2.05, 4.69) is 10.0 Å². The number of rotatable bonds is 4. The van der Waals surface area contributed by atoms with Gasteiger partial charge in [0, 0.05) is 5.69 Å². The maximum absolute atomic E-state index is 12.7. The topological polar surface area (TPSA) is 75.3 Å². The number of fused-ring (bicyclic) bond motifs is 1. The molecule has 0 aromatic heterocycles. The van der Waals surface area contributed by atoms with Crippen molar-refractivity contribution < 1.29 is 13.2 Å². The van der Waals surface area contributed by atoms with Gasteiger partial charge in [0.2, 0.25) is 15.9 Å². The molecule has 0 atom stereocenters. The van der Waals surface area contributed by atoms with Crippen molar-refractivity contribution in [1.29, 1.82) is 0 Å². The van der Waals surface area contributed by atoms with Crippen molar-refractivity contribution in [2.45, 2.75) is 29.7 Å². The first-order chi connectivity index (χ1) is 11.0. The Morgan fingerprint density at radius 1 is 1.04 bits per heavy atom. The summed E-state index contributed by atoms with van der Waals surface area (Å²) >= 11 is 0. The predicted octanol–water partition coefficient (Wildman–Crippen LogP) is 2.15. The lowest BCUT2D eigenvalue weighted by Crippen LogP contribution is -2.34. The van der Waals surface area contributed by atoms with E-state index in [9.17, 15) is 13.2 Å². The number of amides is 1. The molecule has 2 N–H and O–H groups in total. The van der Waals surface area contributed by atoms with E-state index >= 15 is 0 Å². The third-order valence-electron chi connectivity index (χ3n) is 4.42. The summed E-state index contributed by atoms with van der Waals surface area (Å²) in [7, 11) is -3.63. The minimum atomic E-state index is -3.63. The zero-order valence-corrected chi connectivity index (χ0v) is 13.2. The second kappa shape index (κ2) is 4.91. The Bertz CT molecular complexity index is 887. The maximum Gasteiger partial charge on any atom is 0.241 e. The van der Waals surface area contributed by atoms with Crippen LogP contribution in [0.2, 0.25) is 0 Å². The van der Waals surface area contributed by atoms with Crippen LogP contribution in [0.4, 0.5) is 5.69 Å². The fourth-order valence-corrected chi connectivity index (χ4v) is 4.52. The zero-order valence-electron chi connectivity index (χ0n) is 12.4. The molecule has 0 saturated heterocycles. The number of hydrogen-bond acceptors (Lipinski definition) is 3. The first-order valence-electron chi connectivity index (χ1n) is 7.51. The van der Waals surface area contributed by atoms with Crippen LogP contribution in [-0.2, 0) is 26.8 Å². The highest BCUT2D eigenvalue weighted by Crippen LogP contribution is 2.46. The van der Waals surface area contributed by atoms with Crippen LogP contribution in [0, 0.1) is 0 Å². The summed E-state index contributed by atoms with van der Waals surface area (Å²) in [5, 5.41) is 2.71. The van der Waals surface area contributed by atoms with Gasteiger partial charge in [0.05, 0.1) is 16.9 Å². The molecule has 6 heteroatoms. The van der Waals surface area contributed by atoms with Crippen LogP contribution in [0.15, 0.2) is 53.4 Å². The summed E-state index contributed by atoms with van der Waals surface area (Å²) in [6.07, 6.45) is 1.81. The molecule has 2 aliphatic rings. The first-order valence-corrected chi connectivity index (χ1v) is 8.99. The largest absolute Gasteiger partial charge is 0.326 e. The van der Waals surface area contributed by atoms with Gasteiger partial charge in [-0.2, -0.15) is 0 Å². The Labute approximate surface area is 134 Å². The molecule has 0 unspecified atom stereocenters. The third kappa shape index (κ3) is 2.54. The van der Waals surface area contributed by atoms with Crippen molar-refractivity contribution in [2.75, 3.05) is 5.32 Å². The molecule has 1 saturated carbocycles. The summed E-state index contributed by atoms with van der Waals surface area (Å²) in [5.41, 5.74) is 1.91. The molecule has 1 aliphatic heterocycles. The van der Waals surface area contributed by atoms with Crippen molar-refractivity contribution in [1.82, 2.24) is 4.72 Å². The summed E-state index contributed by atoms with van der Waals surface area (Å²) in [6.45, 7) is 0. The van der Waals surface area contributed by atoms with E-state index in [0.29, 0.717) is 5.69 Å². The monoisotopic (exact) mass is 328 g/mol. The number of nitrogens with one attached hydrogen (secondary N) is 2. The SMILES string of the molecule is O=C1Cc2cc(S(=O)(=O)NC3(c4ccccc4)CC3)ccc2N1. The van der Waals surface area contributed by atoms with Crippen LogP contribution in [0.5, 0.6) is 0 Å².